The van der Waals surface area contributed by atoms with Crippen LogP contribution in [0.25, 0.3) is 0 Å². The molecule has 0 aliphatic heterocycles. The minimum Gasteiger partial charge on any atom is -0.198 e. The van der Waals surface area contributed by atoms with Crippen molar-refractivity contribution in [3.05, 3.63) is 12.2 Å². The maximum atomic E-state index is 9.04. The molecule has 0 aromatic heterocycles. The molecule has 0 bridgehead atoms. The SMILES string of the molecule is CCCCCCCC/C=C/[C@H]1CC[C@H](C2CCC(C#N)CC2)CC1. The maximum Gasteiger partial charge on any atom is 0.0655 e. The molecule has 0 aromatic carbocycles. The van der Waals surface area contributed by atoms with Crippen LogP contribution in [0.15, 0.2) is 12.2 Å². The lowest BCUT2D eigenvalue weighted by Gasteiger charge is -2.36. The van der Waals surface area contributed by atoms with Gasteiger partial charge in [-0.3, -0.25) is 0 Å². The van der Waals surface area contributed by atoms with Crippen molar-refractivity contribution in [1.29, 1.82) is 5.26 Å². The topological polar surface area (TPSA) is 23.8 Å². The van der Waals surface area contributed by atoms with Gasteiger partial charge in [-0.25, -0.2) is 0 Å². The molecule has 2 aliphatic carbocycles. The molecule has 0 amide bonds. The Balaban J connectivity index is 1.53. The lowest BCUT2D eigenvalue weighted by atomic mass is 9.69. The first-order valence-electron chi connectivity index (χ1n) is 10.9. The number of rotatable bonds is 9. The van der Waals surface area contributed by atoms with E-state index >= 15 is 0 Å². The zero-order valence-corrected chi connectivity index (χ0v) is 16.0. The Kier molecular flexibility index (Phi) is 9.55. The molecule has 0 aromatic rings. The van der Waals surface area contributed by atoms with E-state index in [0.29, 0.717) is 5.92 Å². The van der Waals surface area contributed by atoms with Gasteiger partial charge in [0.1, 0.15) is 0 Å². The van der Waals surface area contributed by atoms with Gasteiger partial charge in [-0.15, -0.1) is 0 Å². The van der Waals surface area contributed by atoms with E-state index in [1.807, 2.05) is 0 Å². The fourth-order valence-corrected chi connectivity index (χ4v) is 4.86. The van der Waals surface area contributed by atoms with E-state index in [4.69, 9.17) is 5.26 Å². The van der Waals surface area contributed by atoms with Crippen LogP contribution in [0.3, 0.4) is 0 Å². The monoisotopic (exact) mass is 329 g/mol. The van der Waals surface area contributed by atoms with Crippen LogP contribution in [-0.2, 0) is 0 Å². The zero-order valence-electron chi connectivity index (χ0n) is 16.0. The van der Waals surface area contributed by atoms with Crippen molar-refractivity contribution >= 4 is 0 Å². The Morgan fingerprint density at radius 2 is 1.38 bits per heavy atom. The van der Waals surface area contributed by atoms with Crippen LogP contribution in [0.5, 0.6) is 0 Å². The van der Waals surface area contributed by atoms with Gasteiger partial charge in [-0.05, 0) is 82.0 Å². The molecular weight excluding hydrogens is 290 g/mol. The molecule has 1 nitrogen and oxygen atoms in total. The second kappa shape index (κ2) is 11.7. The summed E-state index contributed by atoms with van der Waals surface area (Å²) in [7, 11) is 0. The molecule has 0 unspecified atom stereocenters. The van der Waals surface area contributed by atoms with Crippen LogP contribution in [0.4, 0.5) is 0 Å². The van der Waals surface area contributed by atoms with E-state index in [-0.39, 0.29) is 0 Å². The normalized spacial score (nSPS) is 31.2. The van der Waals surface area contributed by atoms with Crippen LogP contribution >= 0.6 is 0 Å². The average molecular weight is 330 g/mol. The molecule has 0 atom stereocenters. The predicted octanol–water partition coefficient (Wildman–Crippen LogP) is 7.43. The Morgan fingerprint density at radius 1 is 0.792 bits per heavy atom. The molecule has 24 heavy (non-hydrogen) atoms. The van der Waals surface area contributed by atoms with E-state index in [9.17, 15) is 0 Å². The van der Waals surface area contributed by atoms with Gasteiger partial charge in [0.25, 0.3) is 0 Å². The van der Waals surface area contributed by atoms with Gasteiger partial charge in [-0.1, -0.05) is 51.2 Å². The summed E-state index contributed by atoms with van der Waals surface area (Å²) in [6, 6.07) is 2.47. The zero-order chi connectivity index (χ0) is 17.0. The molecule has 2 aliphatic rings. The van der Waals surface area contributed by atoms with Crippen molar-refractivity contribution < 1.29 is 0 Å². The molecule has 0 saturated heterocycles. The molecule has 0 spiro atoms. The summed E-state index contributed by atoms with van der Waals surface area (Å²) in [6.07, 6.45) is 25.4. The van der Waals surface area contributed by atoms with Crippen molar-refractivity contribution in [2.75, 3.05) is 0 Å². The van der Waals surface area contributed by atoms with Crippen LogP contribution < -0.4 is 0 Å². The number of hydrogen-bond acceptors (Lipinski definition) is 1. The molecule has 0 N–H and O–H groups in total. The number of hydrogen-bond donors (Lipinski definition) is 0. The molecule has 2 saturated carbocycles. The summed E-state index contributed by atoms with van der Waals surface area (Å²) in [5.41, 5.74) is 0. The average Bonchev–Trinajstić information content (AvgIpc) is 2.64. The Morgan fingerprint density at radius 3 is 2.00 bits per heavy atom. The van der Waals surface area contributed by atoms with E-state index in [1.165, 1.54) is 96.3 Å². The summed E-state index contributed by atoms with van der Waals surface area (Å²) >= 11 is 0. The summed E-state index contributed by atoms with van der Waals surface area (Å²) < 4.78 is 0. The van der Waals surface area contributed by atoms with Crippen molar-refractivity contribution in [2.45, 2.75) is 103 Å². The number of allylic oxidation sites excluding steroid dienone is 2. The number of nitrogens with zero attached hydrogens (tertiary/aromatic N) is 1. The third-order valence-electron chi connectivity index (χ3n) is 6.57. The first kappa shape index (κ1) is 19.6. The van der Waals surface area contributed by atoms with E-state index in [0.717, 1.165) is 17.8 Å². The van der Waals surface area contributed by atoms with E-state index < -0.39 is 0 Å². The lowest BCUT2D eigenvalue weighted by molar-refractivity contribution is 0.168. The van der Waals surface area contributed by atoms with Crippen LogP contribution in [0.2, 0.25) is 0 Å². The largest absolute Gasteiger partial charge is 0.198 e. The fourth-order valence-electron chi connectivity index (χ4n) is 4.86. The quantitative estimate of drug-likeness (QED) is 0.319. The van der Waals surface area contributed by atoms with Gasteiger partial charge >= 0.3 is 0 Å². The molecular formula is C23H39N. The molecule has 0 radical (unpaired) electrons. The number of unbranched alkanes of at least 4 members (excludes halogenated alkanes) is 6. The highest BCUT2D eigenvalue weighted by Gasteiger charge is 2.30. The van der Waals surface area contributed by atoms with Crippen molar-refractivity contribution in [3.8, 4) is 6.07 Å². The Hall–Kier alpha value is -0.770. The Labute approximate surface area is 150 Å². The van der Waals surface area contributed by atoms with Crippen LogP contribution in [-0.4, -0.2) is 0 Å². The third-order valence-corrected chi connectivity index (χ3v) is 6.57. The standard InChI is InChI=1S/C23H39N/c1-2-3-4-5-6-7-8-9-10-20-11-15-22(16-12-20)23-17-13-21(19-24)14-18-23/h9-10,20-23H,2-8,11-18H2,1H3/b10-9+/t20-,21?,22-,23?. The minimum atomic E-state index is 0.363. The number of nitriles is 1. The highest BCUT2D eigenvalue weighted by atomic mass is 14.4. The van der Waals surface area contributed by atoms with Gasteiger partial charge in [-0.2, -0.15) is 5.26 Å². The van der Waals surface area contributed by atoms with Crippen molar-refractivity contribution in [1.82, 2.24) is 0 Å². The van der Waals surface area contributed by atoms with E-state index in [1.54, 1.807) is 0 Å². The van der Waals surface area contributed by atoms with Crippen molar-refractivity contribution in [3.63, 3.8) is 0 Å². The van der Waals surface area contributed by atoms with Crippen molar-refractivity contribution in [2.24, 2.45) is 23.7 Å². The summed E-state index contributed by atoms with van der Waals surface area (Å²) in [6.45, 7) is 2.29. The maximum absolute atomic E-state index is 9.04. The molecule has 136 valence electrons. The first-order chi connectivity index (χ1) is 11.8. The van der Waals surface area contributed by atoms with Gasteiger partial charge < -0.3 is 0 Å². The van der Waals surface area contributed by atoms with Gasteiger partial charge in [0.15, 0.2) is 0 Å². The predicted molar refractivity (Wildman–Crippen MR) is 104 cm³/mol. The van der Waals surface area contributed by atoms with Gasteiger partial charge in [0.05, 0.1) is 6.07 Å². The second-order valence-electron chi connectivity index (χ2n) is 8.40. The smallest absolute Gasteiger partial charge is 0.0655 e. The molecule has 2 rings (SSSR count). The van der Waals surface area contributed by atoms with Crippen LogP contribution in [0, 0.1) is 35.0 Å². The highest BCUT2D eigenvalue weighted by Crippen LogP contribution is 2.41. The highest BCUT2D eigenvalue weighted by molar-refractivity contribution is 4.93. The third kappa shape index (κ3) is 7.00. The van der Waals surface area contributed by atoms with Crippen LogP contribution in [0.1, 0.15) is 103 Å². The van der Waals surface area contributed by atoms with E-state index in [2.05, 4.69) is 25.1 Å². The first-order valence-corrected chi connectivity index (χ1v) is 10.9. The summed E-state index contributed by atoms with van der Waals surface area (Å²) in [5, 5.41) is 9.04. The molecule has 0 heterocycles. The molecule has 2 fully saturated rings. The lowest BCUT2D eigenvalue weighted by Crippen LogP contribution is -2.25. The summed E-state index contributed by atoms with van der Waals surface area (Å²) in [4.78, 5) is 0. The second-order valence-corrected chi connectivity index (χ2v) is 8.40. The minimum absolute atomic E-state index is 0.363. The summed E-state index contributed by atoms with van der Waals surface area (Å²) in [5.74, 6) is 3.12. The van der Waals surface area contributed by atoms with Gasteiger partial charge in [0.2, 0.25) is 0 Å². The molecule has 1 heteroatoms. The fraction of sp³-hybridized carbons (Fsp3) is 0.870. The Bertz CT molecular complexity index is 375. The van der Waals surface area contributed by atoms with Gasteiger partial charge in [0, 0.05) is 5.92 Å².